The Labute approximate surface area is 145 Å². The van der Waals surface area contributed by atoms with E-state index in [2.05, 4.69) is 11.5 Å². The minimum Gasteiger partial charge on any atom is -0.493 e. The molecule has 1 saturated heterocycles. The van der Waals surface area contributed by atoms with E-state index in [0.29, 0.717) is 25.2 Å². The molecule has 0 aromatic heterocycles. The normalized spacial score (nSPS) is 20.1. The number of rotatable bonds is 9. The fourth-order valence-corrected chi connectivity index (χ4v) is 3.16. The molecular weight excluding hydrogens is 302 g/mol. The number of carbonyl (C=O) groups excluding carboxylic acids is 1. The van der Waals surface area contributed by atoms with Gasteiger partial charge in [-0.3, -0.25) is 4.90 Å². The molecule has 0 spiro atoms. The van der Waals surface area contributed by atoms with Crippen LogP contribution in [0.2, 0.25) is 0 Å². The number of carbonyl (C=O) groups is 1. The second kappa shape index (κ2) is 10.1. The number of aldehydes is 1. The van der Waals surface area contributed by atoms with E-state index >= 15 is 0 Å². The van der Waals surface area contributed by atoms with Gasteiger partial charge in [0.15, 0.2) is 11.5 Å². The predicted molar refractivity (Wildman–Crippen MR) is 96.5 cm³/mol. The fourth-order valence-electron chi connectivity index (χ4n) is 3.16. The van der Waals surface area contributed by atoms with Crippen LogP contribution in [0.3, 0.4) is 0 Å². The van der Waals surface area contributed by atoms with Gasteiger partial charge in [0.25, 0.3) is 0 Å². The number of nitrogens with zero attached hydrogens (tertiary/aromatic N) is 1. The Morgan fingerprint density at radius 1 is 1.25 bits per heavy atom. The van der Waals surface area contributed by atoms with Crippen molar-refractivity contribution in [2.75, 3.05) is 33.4 Å². The first-order valence-electron chi connectivity index (χ1n) is 8.85. The number of likely N-dealkylation sites (tertiary alicyclic amines) is 1. The third kappa shape index (κ3) is 5.38. The minimum absolute atomic E-state index is 0.124. The van der Waals surface area contributed by atoms with Gasteiger partial charge in [-0.2, -0.15) is 0 Å². The van der Waals surface area contributed by atoms with Crippen LogP contribution in [-0.4, -0.2) is 44.5 Å². The second-order valence-corrected chi connectivity index (χ2v) is 6.27. The van der Waals surface area contributed by atoms with Gasteiger partial charge < -0.3 is 14.3 Å². The number of ether oxygens (including phenoxy) is 2. The van der Waals surface area contributed by atoms with Gasteiger partial charge in [0.05, 0.1) is 7.11 Å². The summed E-state index contributed by atoms with van der Waals surface area (Å²) in [6.07, 6.45) is 13.9. The Hall–Kier alpha value is -1.81. The maximum absolute atomic E-state index is 11.3. The predicted octanol–water partition coefficient (Wildman–Crippen LogP) is 3.62. The van der Waals surface area contributed by atoms with Gasteiger partial charge in [0.1, 0.15) is 12.9 Å². The van der Waals surface area contributed by atoms with Gasteiger partial charge in [-0.1, -0.05) is 24.1 Å². The highest BCUT2D eigenvalue weighted by Crippen LogP contribution is 2.25. The molecule has 1 atom stereocenters. The second-order valence-electron chi connectivity index (χ2n) is 6.27. The molecule has 4 nitrogen and oxygen atoms in total. The SMILES string of the molecule is C=CCC(C=O)C1=CC=C(OC)C(OCCN2CCCCC2)=CC1. The van der Waals surface area contributed by atoms with Crippen molar-refractivity contribution in [3.05, 3.63) is 48.0 Å². The Morgan fingerprint density at radius 3 is 2.71 bits per heavy atom. The standard InChI is InChI=1S/C20H29NO3/c1-3-7-18(16-22)17-8-10-19(23-2)20(11-9-17)24-15-14-21-12-5-4-6-13-21/h3,8,10-11,16,18H,1,4-7,9,12-15H2,2H3. The van der Waals surface area contributed by atoms with Gasteiger partial charge in [0.2, 0.25) is 0 Å². The van der Waals surface area contributed by atoms with Crippen molar-refractivity contribution in [1.82, 2.24) is 4.90 Å². The smallest absolute Gasteiger partial charge is 0.160 e. The molecule has 0 aromatic rings. The molecule has 4 heteroatoms. The van der Waals surface area contributed by atoms with Crippen molar-refractivity contribution in [3.8, 4) is 0 Å². The molecule has 0 saturated carbocycles. The summed E-state index contributed by atoms with van der Waals surface area (Å²) in [6.45, 7) is 7.67. The third-order valence-electron chi connectivity index (χ3n) is 4.61. The Morgan fingerprint density at radius 2 is 2.04 bits per heavy atom. The minimum atomic E-state index is -0.124. The largest absolute Gasteiger partial charge is 0.493 e. The summed E-state index contributed by atoms with van der Waals surface area (Å²) < 4.78 is 11.4. The highest BCUT2D eigenvalue weighted by molar-refractivity contribution is 5.60. The van der Waals surface area contributed by atoms with Gasteiger partial charge in [0, 0.05) is 12.5 Å². The number of piperidine rings is 1. The number of hydrogen-bond acceptors (Lipinski definition) is 4. The van der Waals surface area contributed by atoms with Crippen LogP contribution >= 0.6 is 0 Å². The summed E-state index contributed by atoms with van der Waals surface area (Å²) in [4.78, 5) is 13.7. The third-order valence-corrected chi connectivity index (χ3v) is 4.61. The first kappa shape index (κ1) is 18.5. The topological polar surface area (TPSA) is 38.8 Å². The van der Waals surface area contributed by atoms with E-state index in [0.717, 1.165) is 24.2 Å². The first-order valence-corrected chi connectivity index (χ1v) is 8.85. The lowest BCUT2D eigenvalue weighted by atomic mass is 9.94. The van der Waals surface area contributed by atoms with Gasteiger partial charge in [-0.15, -0.1) is 6.58 Å². The van der Waals surface area contributed by atoms with Gasteiger partial charge in [-0.25, -0.2) is 0 Å². The maximum atomic E-state index is 11.3. The highest BCUT2D eigenvalue weighted by atomic mass is 16.5. The molecule has 0 aromatic carbocycles. The molecule has 1 heterocycles. The van der Waals surface area contributed by atoms with Crippen molar-refractivity contribution >= 4 is 6.29 Å². The average Bonchev–Trinajstić information content (AvgIpc) is 2.83. The first-order chi connectivity index (χ1) is 11.8. The van der Waals surface area contributed by atoms with Gasteiger partial charge >= 0.3 is 0 Å². The molecule has 0 N–H and O–H groups in total. The maximum Gasteiger partial charge on any atom is 0.160 e. The van der Waals surface area contributed by atoms with Crippen LogP contribution in [-0.2, 0) is 14.3 Å². The van der Waals surface area contributed by atoms with Crippen LogP contribution in [0.25, 0.3) is 0 Å². The molecule has 132 valence electrons. The summed E-state index contributed by atoms with van der Waals surface area (Å²) in [6, 6.07) is 0. The summed E-state index contributed by atoms with van der Waals surface area (Å²) in [7, 11) is 1.65. The van der Waals surface area contributed by atoms with Crippen LogP contribution in [0.1, 0.15) is 32.1 Å². The van der Waals surface area contributed by atoms with E-state index < -0.39 is 0 Å². The van der Waals surface area contributed by atoms with E-state index in [4.69, 9.17) is 9.47 Å². The molecule has 0 amide bonds. The fraction of sp³-hybridized carbons (Fsp3) is 0.550. The van der Waals surface area contributed by atoms with Crippen LogP contribution in [0.15, 0.2) is 48.0 Å². The highest BCUT2D eigenvalue weighted by Gasteiger charge is 2.16. The van der Waals surface area contributed by atoms with E-state index in [1.165, 1.54) is 32.4 Å². The van der Waals surface area contributed by atoms with Crippen LogP contribution in [0, 0.1) is 5.92 Å². The molecule has 24 heavy (non-hydrogen) atoms. The quantitative estimate of drug-likeness (QED) is 0.478. The molecule has 1 unspecified atom stereocenters. The lowest BCUT2D eigenvalue weighted by molar-refractivity contribution is -0.110. The van der Waals surface area contributed by atoms with Crippen molar-refractivity contribution in [1.29, 1.82) is 0 Å². The van der Waals surface area contributed by atoms with Gasteiger partial charge in [-0.05, 0) is 50.9 Å². The molecule has 1 fully saturated rings. The number of allylic oxidation sites excluding steroid dienone is 5. The van der Waals surface area contributed by atoms with Crippen molar-refractivity contribution in [2.45, 2.75) is 32.1 Å². The summed E-state index contributed by atoms with van der Waals surface area (Å²) in [5, 5.41) is 0. The molecular formula is C20H29NO3. The zero-order valence-electron chi connectivity index (χ0n) is 14.7. The summed E-state index contributed by atoms with van der Waals surface area (Å²) in [5.74, 6) is 1.36. The molecule has 2 aliphatic rings. The molecule has 0 bridgehead atoms. The lowest BCUT2D eigenvalue weighted by Crippen LogP contribution is -2.32. The van der Waals surface area contributed by atoms with E-state index in [9.17, 15) is 4.79 Å². The lowest BCUT2D eigenvalue weighted by Gasteiger charge is -2.26. The Kier molecular flexibility index (Phi) is 7.83. The number of methoxy groups -OCH3 is 1. The van der Waals surface area contributed by atoms with E-state index in [1.807, 2.05) is 18.2 Å². The summed E-state index contributed by atoms with van der Waals surface area (Å²) in [5.41, 5.74) is 1.06. The number of hydrogen-bond donors (Lipinski definition) is 0. The molecule has 1 aliphatic carbocycles. The van der Waals surface area contributed by atoms with E-state index in [1.54, 1.807) is 13.2 Å². The monoisotopic (exact) mass is 331 g/mol. The molecule has 0 radical (unpaired) electrons. The van der Waals surface area contributed by atoms with Crippen molar-refractivity contribution < 1.29 is 14.3 Å². The molecule has 2 rings (SSSR count). The summed E-state index contributed by atoms with van der Waals surface area (Å²) >= 11 is 0. The van der Waals surface area contributed by atoms with Crippen LogP contribution in [0.5, 0.6) is 0 Å². The Balaban J connectivity index is 1.93. The Bertz CT molecular complexity index is 513. The average molecular weight is 331 g/mol. The van der Waals surface area contributed by atoms with Crippen LogP contribution in [0.4, 0.5) is 0 Å². The van der Waals surface area contributed by atoms with Crippen molar-refractivity contribution in [2.24, 2.45) is 5.92 Å². The van der Waals surface area contributed by atoms with E-state index in [-0.39, 0.29) is 5.92 Å². The van der Waals surface area contributed by atoms with Crippen LogP contribution < -0.4 is 0 Å². The zero-order valence-corrected chi connectivity index (χ0v) is 14.7. The zero-order chi connectivity index (χ0) is 17.2. The van der Waals surface area contributed by atoms with Crippen molar-refractivity contribution in [3.63, 3.8) is 0 Å². The molecule has 1 aliphatic heterocycles.